The molecule has 0 spiro atoms. The maximum Gasteiger partial charge on any atom is 0.336 e. The first-order chi connectivity index (χ1) is 18.7. The number of carbonyl (C=O) groups excluding carboxylic acids is 2. The van der Waals surface area contributed by atoms with Gasteiger partial charge in [-0.15, -0.1) is 0 Å². The third-order valence-electron chi connectivity index (χ3n) is 6.71. The fourth-order valence-corrected chi connectivity index (χ4v) is 6.03. The molecule has 0 amide bonds. The van der Waals surface area contributed by atoms with Gasteiger partial charge in [0, 0.05) is 43.9 Å². The Bertz CT molecular complexity index is 1580. The highest BCUT2D eigenvalue weighted by Crippen LogP contribution is 2.49. The van der Waals surface area contributed by atoms with Crippen molar-refractivity contribution in [2.75, 3.05) is 13.7 Å². The Labute approximate surface area is 244 Å². The van der Waals surface area contributed by atoms with Crippen LogP contribution in [0.25, 0.3) is 5.70 Å². The Balaban J connectivity index is 1.61. The number of benzene rings is 3. The summed E-state index contributed by atoms with van der Waals surface area (Å²) in [5, 5.41) is 4.32. The number of fused-ring (bicyclic) bond motifs is 2. The van der Waals surface area contributed by atoms with E-state index in [1.54, 1.807) is 37.3 Å². The first-order valence-corrected chi connectivity index (χ1v) is 13.8. The van der Waals surface area contributed by atoms with Gasteiger partial charge in [0.2, 0.25) is 0 Å². The van der Waals surface area contributed by atoms with E-state index in [9.17, 15) is 9.59 Å². The highest BCUT2D eigenvalue weighted by molar-refractivity contribution is 9.10. The average molecular weight is 629 g/mol. The summed E-state index contributed by atoms with van der Waals surface area (Å²) in [6.07, 6.45) is 0. The van der Waals surface area contributed by atoms with Crippen LogP contribution in [-0.2, 0) is 16.1 Å². The smallest absolute Gasteiger partial charge is 0.336 e. The lowest BCUT2D eigenvalue weighted by molar-refractivity contribution is -0.136. The van der Waals surface area contributed by atoms with Gasteiger partial charge in [0.1, 0.15) is 6.61 Å². The predicted octanol–water partition coefficient (Wildman–Crippen LogP) is 7.48. The fourth-order valence-electron chi connectivity index (χ4n) is 4.99. The van der Waals surface area contributed by atoms with Crippen molar-refractivity contribution >= 4 is 56.6 Å². The lowest BCUT2D eigenvalue weighted by atomic mass is 9.79. The molecule has 2 aliphatic rings. The van der Waals surface area contributed by atoms with Crippen molar-refractivity contribution in [3.8, 4) is 11.5 Å². The molecule has 5 rings (SSSR count). The summed E-state index contributed by atoms with van der Waals surface area (Å²) in [5.74, 6) is -0.427. The summed E-state index contributed by atoms with van der Waals surface area (Å²) in [6, 6.07) is 16.3. The molecule has 39 heavy (non-hydrogen) atoms. The van der Waals surface area contributed by atoms with Crippen LogP contribution >= 0.6 is 39.1 Å². The molecule has 0 bridgehead atoms. The number of esters is 1. The van der Waals surface area contributed by atoms with Crippen molar-refractivity contribution < 1.29 is 23.8 Å². The Morgan fingerprint density at radius 3 is 2.49 bits per heavy atom. The molecule has 1 heterocycles. The summed E-state index contributed by atoms with van der Waals surface area (Å²) in [4.78, 5) is 26.8. The highest BCUT2D eigenvalue weighted by Gasteiger charge is 2.43. The number of allylic oxidation sites excluding steroid dienone is 2. The van der Waals surface area contributed by atoms with E-state index in [2.05, 4.69) is 21.2 Å². The number of ketones is 1. The van der Waals surface area contributed by atoms with Crippen molar-refractivity contribution in [3.05, 3.63) is 108 Å². The lowest BCUT2D eigenvalue weighted by Crippen LogP contribution is -2.29. The van der Waals surface area contributed by atoms with E-state index in [0.29, 0.717) is 66.3 Å². The van der Waals surface area contributed by atoms with Gasteiger partial charge in [-0.05, 0) is 59.6 Å². The van der Waals surface area contributed by atoms with Gasteiger partial charge in [-0.25, -0.2) is 4.79 Å². The van der Waals surface area contributed by atoms with Crippen LogP contribution in [0.3, 0.4) is 0 Å². The van der Waals surface area contributed by atoms with Crippen LogP contribution in [0.4, 0.5) is 0 Å². The number of halogens is 3. The highest BCUT2D eigenvalue weighted by atomic mass is 79.9. The number of dihydropyridines is 1. The van der Waals surface area contributed by atoms with Crippen molar-refractivity contribution in [1.82, 2.24) is 5.32 Å². The largest absolute Gasteiger partial charge is 0.490 e. The average Bonchev–Trinajstić information content (AvgIpc) is 3.19. The van der Waals surface area contributed by atoms with Gasteiger partial charge < -0.3 is 19.5 Å². The minimum Gasteiger partial charge on any atom is -0.490 e. The molecular weight excluding hydrogens is 605 g/mol. The molecule has 0 saturated heterocycles. The number of ether oxygens (including phenoxy) is 3. The number of hydrogen-bond donors (Lipinski definition) is 1. The van der Waals surface area contributed by atoms with E-state index >= 15 is 0 Å². The van der Waals surface area contributed by atoms with E-state index in [1.807, 2.05) is 31.2 Å². The minimum absolute atomic E-state index is 0.140. The van der Waals surface area contributed by atoms with Gasteiger partial charge in [-0.1, -0.05) is 53.5 Å². The summed E-state index contributed by atoms with van der Waals surface area (Å²) in [7, 11) is 1.33. The third kappa shape index (κ3) is 4.95. The maximum absolute atomic E-state index is 13.7. The van der Waals surface area contributed by atoms with E-state index in [0.717, 1.165) is 11.1 Å². The van der Waals surface area contributed by atoms with Crippen LogP contribution in [0.15, 0.2) is 75.9 Å². The van der Waals surface area contributed by atoms with Crippen LogP contribution in [0.2, 0.25) is 10.0 Å². The molecule has 1 N–H and O–H groups in total. The summed E-state index contributed by atoms with van der Waals surface area (Å²) in [6.45, 7) is 4.22. The van der Waals surface area contributed by atoms with Crippen LogP contribution in [0, 0.1) is 0 Å². The number of Topliss-reactive ketones (excluding diaryl/α,β-unsaturated/α-hetero) is 1. The molecule has 0 unspecified atom stereocenters. The van der Waals surface area contributed by atoms with Gasteiger partial charge >= 0.3 is 5.97 Å². The Morgan fingerprint density at radius 2 is 1.79 bits per heavy atom. The molecule has 200 valence electrons. The third-order valence-corrected chi connectivity index (χ3v) is 7.88. The zero-order chi connectivity index (χ0) is 27.8. The van der Waals surface area contributed by atoms with Gasteiger partial charge in [-0.2, -0.15) is 0 Å². The monoisotopic (exact) mass is 627 g/mol. The number of hydrogen-bond acceptors (Lipinski definition) is 6. The Hall–Kier alpha value is -3.26. The molecule has 0 radical (unpaired) electrons. The molecule has 1 aliphatic carbocycles. The fraction of sp³-hybridized carbons (Fsp3) is 0.200. The van der Waals surface area contributed by atoms with E-state index in [4.69, 9.17) is 37.4 Å². The van der Waals surface area contributed by atoms with Gasteiger partial charge in [-0.3, -0.25) is 4.79 Å². The standard InChI is InChI=1S/C30H24BrCl2NO5/c1-4-38-23-12-17(11-21(31)29(23)39-14-16-9-10-18(32)13-22(16)33)25-24(30(36)37-3)15(2)34-27-19-7-5-6-8-20(19)28(35)26(25)27/h5-13,25,34H,4,14H2,1-3H3/t25-/m0/s1. The van der Waals surface area contributed by atoms with E-state index < -0.39 is 11.9 Å². The molecule has 1 atom stereocenters. The first kappa shape index (κ1) is 27.3. The second-order valence-corrected chi connectivity index (χ2v) is 10.7. The van der Waals surface area contributed by atoms with Crippen LogP contribution < -0.4 is 14.8 Å². The van der Waals surface area contributed by atoms with Gasteiger partial charge in [0.05, 0.1) is 29.5 Å². The van der Waals surface area contributed by atoms with Crippen molar-refractivity contribution in [3.63, 3.8) is 0 Å². The Kier molecular flexibility index (Phi) is 7.76. The van der Waals surface area contributed by atoms with Crippen LogP contribution in [0.1, 0.15) is 46.8 Å². The number of methoxy groups -OCH3 is 1. The number of rotatable bonds is 7. The van der Waals surface area contributed by atoms with Crippen LogP contribution in [0.5, 0.6) is 11.5 Å². The summed E-state index contributed by atoms with van der Waals surface area (Å²) >= 11 is 16.0. The van der Waals surface area contributed by atoms with Crippen molar-refractivity contribution in [2.24, 2.45) is 0 Å². The molecule has 0 saturated carbocycles. The van der Waals surface area contributed by atoms with Crippen molar-refractivity contribution in [1.29, 1.82) is 0 Å². The molecular formula is C30H24BrCl2NO5. The van der Waals surface area contributed by atoms with Gasteiger partial charge in [0.25, 0.3) is 0 Å². The maximum atomic E-state index is 13.7. The zero-order valence-corrected chi connectivity index (χ0v) is 24.5. The number of nitrogens with one attached hydrogen (secondary N) is 1. The van der Waals surface area contributed by atoms with E-state index in [1.165, 1.54) is 7.11 Å². The summed E-state index contributed by atoms with van der Waals surface area (Å²) in [5.41, 5.74) is 4.97. The zero-order valence-electron chi connectivity index (χ0n) is 21.4. The minimum atomic E-state index is -0.691. The predicted molar refractivity (Wildman–Crippen MR) is 154 cm³/mol. The van der Waals surface area contributed by atoms with E-state index in [-0.39, 0.29) is 12.4 Å². The molecule has 9 heteroatoms. The molecule has 3 aromatic rings. The quantitative estimate of drug-likeness (QED) is 0.274. The molecule has 3 aromatic carbocycles. The van der Waals surface area contributed by atoms with Crippen molar-refractivity contribution in [2.45, 2.75) is 26.4 Å². The Morgan fingerprint density at radius 1 is 1.05 bits per heavy atom. The molecule has 0 fully saturated rings. The molecule has 6 nitrogen and oxygen atoms in total. The molecule has 1 aliphatic heterocycles. The second kappa shape index (κ2) is 11.1. The summed E-state index contributed by atoms with van der Waals surface area (Å²) < 4.78 is 17.9. The number of carbonyl (C=O) groups is 2. The topological polar surface area (TPSA) is 73.9 Å². The van der Waals surface area contributed by atoms with Gasteiger partial charge in [0.15, 0.2) is 17.3 Å². The first-order valence-electron chi connectivity index (χ1n) is 12.2. The molecule has 0 aromatic heterocycles. The normalized spacial score (nSPS) is 16.1. The van der Waals surface area contributed by atoms with Crippen LogP contribution in [-0.4, -0.2) is 25.5 Å². The second-order valence-electron chi connectivity index (χ2n) is 9.04. The SMILES string of the molecule is CCOc1cc([C@H]2C(C(=O)OC)=C(C)NC3=C2C(=O)c2ccccc23)cc(Br)c1OCc1ccc(Cl)cc1Cl. The lowest BCUT2D eigenvalue weighted by Gasteiger charge is -2.29.